The van der Waals surface area contributed by atoms with Crippen molar-refractivity contribution in [3.8, 4) is 0 Å². The number of aliphatic hydroxyl groups is 1. The lowest BCUT2D eigenvalue weighted by atomic mass is 9.85. The van der Waals surface area contributed by atoms with E-state index in [2.05, 4.69) is 64.2 Å². The summed E-state index contributed by atoms with van der Waals surface area (Å²) in [6.45, 7) is 10.8. The highest BCUT2D eigenvalue weighted by Gasteiger charge is 2.20. The van der Waals surface area contributed by atoms with Crippen LogP contribution in [0.5, 0.6) is 0 Å². The van der Waals surface area contributed by atoms with E-state index in [0.29, 0.717) is 11.8 Å². The number of hydrogen-bond donors (Lipinski definition) is 1. The van der Waals surface area contributed by atoms with E-state index >= 15 is 0 Å². The summed E-state index contributed by atoms with van der Waals surface area (Å²) < 4.78 is 0. The molecule has 3 unspecified atom stereocenters. The predicted octanol–water partition coefficient (Wildman–Crippen LogP) is 6.37. The maximum Gasteiger partial charge on any atom is 0.0625 e. The van der Waals surface area contributed by atoms with E-state index in [1.165, 1.54) is 11.1 Å². The van der Waals surface area contributed by atoms with Crippen molar-refractivity contribution in [1.82, 2.24) is 0 Å². The molecule has 3 atom stereocenters. The predicted molar refractivity (Wildman–Crippen MR) is 102 cm³/mol. The fourth-order valence-corrected chi connectivity index (χ4v) is 2.91. The number of rotatable bonds is 9. The molecule has 1 aliphatic carbocycles. The van der Waals surface area contributed by atoms with Crippen LogP contribution in [0.25, 0.3) is 0 Å². The van der Waals surface area contributed by atoms with Gasteiger partial charge in [-0.2, -0.15) is 0 Å². The van der Waals surface area contributed by atoms with E-state index in [4.69, 9.17) is 0 Å². The van der Waals surface area contributed by atoms with E-state index in [1.54, 1.807) is 0 Å². The summed E-state index contributed by atoms with van der Waals surface area (Å²) in [4.78, 5) is 0. The second kappa shape index (κ2) is 9.93. The quantitative estimate of drug-likeness (QED) is 0.490. The molecule has 0 fully saturated rings. The van der Waals surface area contributed by atoms with Crippen LogP contribution in [0.15, 0.2) is 47.6 Å². The maximum atomic E-state index is 10.6. The van der Waals surface area contributed by atoms with Crippen LogP contribution >= 0.6 is 0 Å². The summed E-state index contributed by atoms with van der Waals surface area (Å²) in [6.07, 6.45) is 19.4. The van der Waals surface area contributed by atoms with Crippen molar-refractivity contribution < 1.29 is 5.11 Å². The molecular formula is C22H36O. The Morgan fingerprint density at radius 1 is 1.22 bits per heavy atom. The van der Waals surface area contributed by atoms with Gasteiger partial charge in [-0.25, -0.2) is 0 Å². The molecule has 0 spiro atoms. The summed E-state index contributed by atoms with van der Waals surface area (Å²) >= 11 is 0. The van der Waals surface area contributed by atoms with Crippen molar-refractivity contribution in [2.45, 2.75) is 78.7 Å². The third-order valence-electron chi connectivity index (χ3n) is 4.99. The van der Waals surface area contributed by atoms with Gasteiger partial charge in [0.1, 0.15) is 0 Å². The van der Waals surface area contributed by atoms with Gasteiger partial charge in [-0.05, 0) is 71.1 Å². The fourth-order valence-electron chi connectivity index (χ4n) is 2.91. The molecule has 0 aromatic rings. The third kappa shape index (κ3) is 8.37. The third-order valence-corrected chi connectivity index (χ3v) is 4.99. The van der Waals surface area contributed by atoms with Gasteiger partial charge in [0, 0.05) is 0 Å². The summed E-state index contributed by atoms with van der Waals surface area (Å²) in [5.41, 5.74) is 2.25. The van der Waals surface area contributed by atoms with Gasteiger partial charge in [-0.15, -0.1) is 0 Å². The first kappa shape index (κ1) is 20.0. The molecule has 1 aliphatic rings. The zero-order valence-electron chi connectivity index (χ0n) is 15.8. The Balaban J connectivity index is 2.34. The molecule has 1 nitrogen and oxygen atoms in total. The summed E-state index contributed by atoms with van der Waals surface area (Å²) in [6, 6.07) is 0. The van der Waals surface area contributed by atoms with Gasteiger partial charge < -0.3 is 5.11 Å². The first-order chi connectivity index (χ1) is 10.8. The Labute approximate surface area is 143 Å². The first-order valence-electron chi connectivity index (χ1n) is 9.22. The van der Waals surface area contributed by atoms with Crippen LogP contribution in [0, 0.1) is 11.8 Å². The van der Waals surface area contributed by atoms with Crippen LogP contribution in [-0.2, 0) is 0 Å². The van der Waals surface area contributed by atoms with E-state index in [1.807, 2.05) is 6.92 Å². The molecule has 130 valence electrons. The molecule has 0 aromatic carbocycles. The number of allylic oxidation sites excluding steroid dienone is 8. The Morgan fingerprint density at radius 3 is 2.61 bits per heavy atom. The van der Waals surface area contributed by atoms with Gasteiger partial charge in [0.25, 0.3) is 0 Å². The molecule has 1 heteroatoms. The zero-order valence-corrected chi connectivity index (χ0v) is 15.8. The highest BCUT2D eigenvalue weighted by molar-refractivity contribution is 5.25. The number of hydrogen-bond acceptors (Lipinski definition) is 1. The molecule has 0 heterocycles. The Bertz CT molecular complexity index is 462. The Kier molecular flexibility index (Phi) is 8.62. The SMILES string of the molecule is CC=CCC/C(C)=C/CCC(C)(O)CCC1=CC(C)C(C)C=C1. The van der Waals surface area contributed by atoms with Crippen molar-refractivity contribution in [1.29, 1.82) is 0 Å². The fraction of sp³-hybridized carbons (Fsp3) is 0.636. The highest BCUT2D eigenvalue weighted by Crippen LogP contribution is 2.28. The van der Waals surface area contributed by atoms with E-state index in [-0.39, 0.29) is 0 Å². The average Bonchev–Trinajstić information content (AvgIpc) is 2.49. The highest BCUT2D eigenvalue weighted by atomic mass is 16.3. The van der Waals surface area contributed by atoms with E-state index in [0.717, 1.165) is 38.5 Å². The van der Waals surface area contributed by atoms with Gasteiger partial charge in [-0.3, -0.25) is 0 Å². The minimum absolute atomic E-state index is 0.568. The largest absolute Gasteiger partial charge is 0.390 e. The monoisotopic (exact) mass is 316 g/mol. The molecule has 0 aromatic heterocycles. The smallest absolute Gasteiger partial charge is 0.0625 e. The van der Waals surface area contributed by atoms with E-state index in [9.17, 15) is 5.11 Å². The lowest BCUT2D eigenvalue weighted by Crippen LogP contribution is -2.24. The molecule has 0 saturated heterocycles. The minimum Gasteiger partial charge on any atom is -0.390 e. The van der Waals surface area contributed by atoms with Gasteiger partial charge in [0.2, 0.25) is 0 Å². The molecule has 1 rings (SSSR count). The lowest BCUT2D eigenvalue weighted by Gasteiger charge is -2.25. The molecular weight excluding hydrogens is 280 g/mol. The topological polar surface area (TPSA) is 20.2 Å². The van der Waals surface area contributed by atoms with E-state index < -0.39 is 5.60 Å². The Morgan fingerprint density at radius 2 is 1.96 bits per heavy atom. The lowest BCUT2D eigenvalue weighted by molar-refractivity contribution is 0.0434. The van der Waals surface area contributed by atoms with Crippen LogP contribution in [0.2, 0.25) is 0 Å². The normalized spacial score (nSPS) is 24.8. The van der Waals surface area contributed by atoms with Crippen molar-refractivity contribution in [2.75, 3.05) is 0 Å². The average molecular weight is 317 g/mol. The maximum absolute atomic E-state index is 10.6. The second-order valence-corrected chi connectivity index (χ2v) is 7.51. The van der Waals surface area contributed by atoms with Crippen LogP contribution < -0.4 is 0 Å². The molecule has 23 heavy (non-hydrogen) atoms. The molecule has 0 bridgehead atoms. The van der Waals surface area contributed by atoms with Gasteiger partial charge >= 0.3 is 0 Å². The van der Waals surface area contributed by atoms with Crippen LogP contribution in [0.3, 0.4) is 0 Å². The second-order valence-electron chi connectivity index (χ2n) is 7.51. The van der Waals surface area contributed by atoms with Crippen LogP contribution in [0.4, 0.5) is 0 Å². The van der Waals surface area contributed by atoms with Crippen LogP contribution in [-0.4, -0.2) is 10.7 Å². The standard InChI is InChI=1S/C22H36O/c1-6-7-8-10-18(2)11-9-15-22(5,23)16-14-21-13-12-19(3)20(4)17-21/h6-7,11-13,17,19-20,23H,8-10,14-16H2,1-5H3/b7-6?,18-11+. The van der Waals surface area contributed by atoms with Crippen LogP contribution in [0.1, 0.15) is 73.1 Å². The van der Waals surface area contributed by atoms with Gasteiger partial charge in [0.15, 0.2) is 0 Å². The van der Waals surface area contributed by atoms with Crippen molar-refractivity contribution >= 4 is 0 Å². The zero-order chi connectivity index (χ0) is 17.3. The van der Waals surface area contributed by atoms with Crippen molar-refractivity contribution in [3.63, 3.8) is 0 Å². The van der Waals surface area contributed by atoms with Crippen molar-refractivity contribution in [2.24, 2.45) is 11.8 Å². The van der Waals surface area contributed by atoms with Gasteiger partial charge in [0.05, 0.1) is 5.60 Å². The molecule has 0 aliphatic heterocycles. The molecule has 0 radical (unpaired) electrons. The van der Waals surface area contributed by atoms with Gasteiger partial charge in [-0.1, -0.05) is 61.4 Å². The minimum atomic E-state index is -0.568. The summed E-state index contributed by atoms with van der Waals surface area (Å²) in [5, 5.41) is 10.6. The summed E-state index contributed by atoms with van der Waals surface area (Å²) in [5.74, 6) is 1.25. The molecule has 0 saturated carbocycles. The molecule has 1 N–H and O–H groups in total. The first-order valence-corrected chi connectivity index (χ1v) is 9.22. The molecule has 0 amide bonds. The summed E-state index contributed by atoms with van der Waals surface area (Å²) in [7, 11) is 0. The Hall–Kier alpha value is -1.08. The van der Waals surface area contributed by atoms with Crippen molar-refractivity contribution in [3.05, 3.63) is 47.6 Å².